The van der Waals surface area contributed by atoms with Gasteiger partial charge < -0.3 is 15.4 Å². The number of aliphatic imine (C=N–C) groups is 1. The van der Waals surface area contributed by atoms with E-state index in [9.17, 15) is 12.8 Å². The van der Waals surface area contributed by atoms with Crippen molar-refractivity contribution in [2.24, 2.45) is 10.9 Å². The first kappa shape index (κ1) is 22.4. The Morgan fingerprint density at radius 2 is 2.00 bits per heavy atom. The summed E-state index contributed by atoms with van der Waals surface area (Å²) in [5.74, 6) is 0.913. The van der Waals surface area contributed by atoms with Gasteiger partial charge in [0, 0.05) is 26.2 Å². The van der Waals surface area contributed by atoms with Gasteiger partial charge in [-0.15, -0.1) is 0 Å². The first-order valence-corrected chi connectivity index (χ1v) is 11.5. The molecule has 7 nitrogen and oxygen atoms in total. The van der Waals surface area contributed by atoms with Gasteiger partial charge in [0.2, 0.25) is 10.0 Å². The molecule has 1 aromatic rings. The second-order valence-corrected chi connectivity index (χ2v) is 9.05. The van der Waals surface area contributed by atoms with Gasteiger partial charge >= 0.3 is 0 Å². The fourth-order valence-electron chi connectivity index (χ4n) is 3.04. The number of sulfonamides is 1. The van der Waals surface area contributed by atoms with Crippen molar-refractivity contribution in [1.29, 1.82) is 0 Å². The van der Waals surface area contributed by atoms with Gasteiger partial charge in [-0.3, -0.25) is 0 Å². The number of guanidine groups is 1. The number of halogens is 1. The summed E-state index contributed by atoms with van der Waals surface area (Å²) in [7, 11) is -3.10. The molecule has 1 aliphatic rings. The normalized spacial score (nSPS) is 17.9. The zero-order valence-electron chi connectivity index (χ0n) is 16.8. The van der Waals surface area contributed by atoms with Crippen molar-refractivity contribution in [2.75, 3.05) is 39.0 Å². The highest BCUT2D eigenvalue weighted by Gasteiger charge is 2.24. The summed E-state index contributed by atoms with van der Waals surface area (Å²) in [6.45, 7) is 6.79. The van der Waals surface area contributed by atoms with Crippen LogP contribution in [-0.2, 0) is 10.0 Å². The van der Waals surface area contributed by atoms with Crippen molar-refractivity contribution in [3.05, 3.63) is 30.1 Å². The van der Waals surface area contributed by atoms with E-state index in [1.54, 1.807) is 18.2 Å². The Labute approximate surface area is 167 Å². The molecule has 0 aromatic heterocycles. The zero-order valence-corrected chi connectivity index (χ0v) is 17.6. The van der Waals surface area contributed by atoms with E-state index in [4.69, 9.17) is 4.74 Å². The average molecular weight is 415 g/mol. The molecule has 1 aromatic carbocycles. The lowest BCUT2D eigenvalue weighted by atomic mass is 9.98. The number of nitrogens with one attached hydrogen (secondary N) is 2. The van der Waals surface area contributed by atoms with Crippen LogP contribution in [0, 0.1) is 11.7 Å². The molecule has 1 fully saturated rings. The largest absolute Gasteiger partial charge is 0.486 e. The van der Waals surface area contributed by atoms with Crippen molar-refractivity contribution in [1.82, 2.24) is 14.9 Å². The Balaban J connectivity index is 1.81. The van der Waals surface area contributed by atoms with E-state index in [-0.39, 0.29) is 17.7 Å². The molecular formula is C19H31FN4O3S. The number of hydrogen-bond acceptors (Lipinski definition) is 4. The number of nitrogens with zero attached hydrogens (tertiary/aromatic N) is 2. The molecule has 0 amide bonds. The minimum absolute atomic E-state index is 0.223. The molecule has 158 valence electrons. The molecule has 0 radical (unpaired) electrons. The van der Waals surface area contributed by atoms with Crippen molar-refractivity contribution in [2.45, 2.75) is 32.8 Å². The van der Waals surface area contributed by atoms with Crippen LogP contribution in [0.5, 0.6) is 5.75 Å². The van der Waals surface area contributed by atoms with Gasteiger partial charge in [0.1, 0.15) is 6.10 Å². The molecular weight excluding hydrogens is 383 g/mol. The van der Waals surface area contributed by atoms with Crippen LogP contribution in [0.1, 0.15) is 26.7 Å². The number of rotatable bonds is 8. The molecule has 0 saturated carbocycles. The number of hydrogen-bond donors (Lipinski definition) is 2. The maximum Gasteiger partial charge on any atom is 0.211 e. The van der Waals surface area contributed by atoms with Crippen LogP contribution in [0.3, 0.4) is 0 Å². The maximum absolute atomic E-state index is 13.7. The third-order valence-corrected chi connectivity index (χ3v) is 5.92. The summed E-state index contributed by atoms with van der Waals surface area (Å²) in [5, 5.41) is 6.50. The first-order valence-electron chi connectivity index (χ1n) is 9.68. The monoisotopic (exact) mass is 414 g/mol. The molecule has 2 N–H and O–H groups in total. The van der Waals surface area contributed by atoms with Crippen molar-refractivity contribution < 1.29 is 17.5 Å². The molecule has 1 atom stereocenters. The fourth-order valence-corrected chi connectivity index (χ4v) is 3.92. The Morgan fingerprint density at radius 3 is 2.61 bits per heavy atom. The van der Waals surface area contributed by atoms with Gasteiger partial charge in [0.25, 0.3) is 0 Å². The fraction of sp³-hybridized carbons (Fsp3) is 0.632. The predicted molar refractivity (Wildman–Crippen MR) is 110 cm³/mol. The summed E-state index contributed by atoms with van der Waals surface area (Å²) < 4.78 is 44.0. The van der Waals surface area contributed by atoms with Crippen LogP contribution in [0.2, 0.25) is 0 Å². The van der Waals surface area contributed by atoms with E-state index >= 15 is 0 Å². The first-order chi connectivity index (χ1) is 13.3. The van der Waals surface area contributed by atoms with Crippen molar-refractivity contribution >= 4 is 16.0 Å². The SMILES string of the molecule is CCNC(=NCC(C)Oc1ccccc1F)NCC1CCN(S(C)(=O)=O)CC1. The molecule has 28 heavy (non-hydrogen) atoms. The molecule has 0 spiro atoms. The van der Waals surface area contributed by atoms with Crippen LogP contribution in [0.4, 0.5) is 4.39 Å². The van der Waals surface area contributed by atoms with Gasteiger partial charge in [-0.05, 0) is 44.7 Å². The molecule has 1 aliphatic heterocycles. The summed E-state index contributed by atoms with van der Waals surface area (Å²) in [5.41, 5.74) is 0. The third-order valence-electron chi connectivity index (χ3n) is 4.62. The average Bonchev–Trinajstić information content (AvgIpc) is 2.65. The van der Waals surface area contributed by atoms with Gasteiger partial charge in [0.15, 0.2) is 17.5 Å². The minimum Gasteiger partial charge on any atom is -0.486 e. The molecule has 1 unspecified atom stereocenters. The van der Waals surface area contributed by atoms with Crippen LogP contribution < -0.4 is 15.4 Å². The van der Waals surface area contributed by atoms with Crippen LogP contribution >= 0.6 is 0 Å². The van der Waals surface area contributed by atoms with E-state index in [0.717, 1.165) is 25.9 Å². The molecule has 1 heterocycles. The van der Waals surface area contributed by atoms with Gasteiger partial charge in [-0.25, -0.2) is 22.1 Å². The second kappa shape index (κ2) is 10.6. The molecule has 0 aliphatic carbocycles. The van der Waals surface area contributed by atoms with E-state index < -0.39 is 10.0 Å². The lowest BCUT2D eigenvalue weighted by molar-refractivity contribution is 0.220. The summed E-state index contributed by atoms with van der Waals surface area (Å²) in [4.78, 5) is 4.52. The van der Waals surface area contributed by atoms with E-state index in [1.165, 1.54) is 16.6 Å². The topological polar surface area (TPSA) is 83.0 Å². The molecule has 1 saturated heterocycles. The lowest BCUT2D eigenvalue weighted by Gasteiger charge is -2.30. The van der Waals surface area contributed by atoms with Crippen molar-refractivity contribution in [3.8, 4) is 5.75 Å². The summed E-state index contributed by atoms with van der Waals surface area (Å²) in [6.07, 6.45) is 2.63. The van der Waals surface area contributed by atoms with Gasteiger partial charge in [-0.1, -0.05) is 12.1 Å². The minimum atomic E-state index is -3.10. The number of benzene rings is 1. The Hall–Kier alpha value is -1.87. The van der Waals surface area contributed by atoms with E-state index in [2.05, 4.69) is 15.6 Å². The third kappa shape index (κ3) is 7.27. The van der Waals surface area contributed by atoms with Crippen LogP contribution in [-0.4, -0.2) is 63.8 Å². The lowest BCUT2D eigenvalue weighted by Crippen LogP contribution is -2.44. The number of piperidine rings is 1. The quantitative estimate of drug-likeness (QED) is 0.501. The van der Waals surface area contributed by atoms with Gasteiger partial charge in [0.05, 0.1) is 12.8 Å². The highest BCUT2D eigenvalue weighted by atomic mass is 32.2. The standard InChI is InChI=1S/C19H31FN4O3S/c1-4-21-19(22-13-15(2)27-18-8-6-5-7-17(18)20)23-14-16-9-11-24(12-10-16)28(3,25)26/h5-8,15-16H,4,9-14H2,1-3H3,(H2,21,22,23). The predicted octanol–water partition coefficient (Wildman–Crippen LogP) is 1.82. The Kier molecular flexibility index (Phi) is 8.50. The second-order valence-electron chi connectivity index (χ2n) is 7.06. The Morgan fingerprint density at radius 1 is 1.32 bits per heavy atom. The highest BCUT2D eigenvalue weighted by Crippen LogP contribution is 2.18. The highest BCUT2D eigenvalue weighted by molar-refractivity contribution is 7.88. The summed E-state index contributed by atoms with van der Waals surface area (Å²) in [6, 6.07) is 6.32. The Bertz CT molecular complexity index is 749. The van der Waals surface area contributed by atoms with E-state index in [0.29, 0.717) is 31.5 Å². The van der Waals surface area contributed by atoms with Gasteiger partial charge in [-0.2, -0.15) is 0 Å². The number of ether oxygens (including phenoxy) is 1. The van der Waals surface area contributed by atoms with Crippen LogP contribution in [0.15, 0.2) is 29.3 Å². The molecule has 2 rings (SSSR count). The number of para-hydroxylation sites is 1. The summed E-state index contributed by atoms with van der Waals surface area (Å²) >= 11 is 0. The zero-order chi connectivity index (χ0) is 20.6. The van der Waals surface area contributed by atoms with E-state index in [1.807, 2.05) is 13.8 Å². The van der Waals surface area contributed by atoms with Crippen molar-refractivity contribution in [3.63, 3.8) is 0 Å². The smallest absolute Gasteiger partial charge is 0.211 e. The maximum atomic E-state index is 13.7. The molecule has 9 heteroatoms. The van der Waals surface area contributed by atoms with Crippen LogP contribution in [0.25, 0.3) is 0 Å². The molecule has 0 bridgehead atoms.